The van der Waals surface area contributed by atoms with Crippen molar-refractivity contribution in [2.45, 2.75) is 180 Å². The number of carboxylic acids is 1. The number of carbonyl (C=O) groups is 3. The molecule has 0 amide bonds. The molecule has 57 heavy (non-hydrogen) atoms. The molecule has 0 aromatic carbocycles. The highest BCUT2D eigenvalue weighted by molar-refractivity contribution is 7.47. The average Bonchev–Trinajstić information content (AvgIpc) is 3.18. The Kier molecular flexibility index (Phi) is 36.7. The Balaban J connectivity index is 4.50. The van der Waals surface area contributed by atoms with Crippen molar-refractivity contribution in [3.8, 4) is 0 Å². The first-order valence-corrected chi connectivity index (χ1v) is 22.9. The highest BCUT2D eigenvalue weighted by atomic mass is 31.2. The summed E-state index contributed by atoms with van der Waals surface area (Å²) in [7, 11) is -4.74. The zero-order valence-electron chi connectivity index (χ0n) is 35.0. The van der Waals surface area contributed by atoms with Crippen LogP contribution in [0, 0.1) is 0 Å². The summed E-state index contributed by atoms with van der Waals surface area (Å²) >= 11 is 0. The van der Waals surface area contributed by atoms with E-state index in [0.29, 0.717) is 25.7 Å². The van der Waals surface area contributed by atoms with Crippen LogP contribution in [-0.4, -0.2) is 71.1 Å². The van der Waals surface area contributed by atoms with Crippen LogP contribution in [0.5, 0.6) is 0 Å². The van der Waals surface area contributed by atoms with Crippen molar-refractivity contribution in [3.63, 3.8) is 0 Å². The van der Waals surface area contributed by atoms with Crippen molar-refractivity contribution in [2.75, 3.05) is 19.8 Å². The van der Waals surface area contributed by atoms with Gasteiger partial charge < -0.3 is 30.3 Å². The van der Waals surface area contributed by atoms with Crippen molar-refractivity contribution in [3.05, 3.63) is 60.8 Å². The highest BCUT2D eigenvalue weighted by Crippen LogP contribution is 2.43. The fourth-order valence-electron chi connectivity index (χ4n) is 5.47. The molecule has 0 aromatic heterocycles. The van der Waals surface area contributed by atoms with Gasteiger partial charge in [0.2, 0.25) is 0 Å². The lowest BCUT2D eigenvalue weighted by Gasteiger charge is -2.20. The number of phosphoric ester groups is 1. The van der Waals surface area contributed by atoms with Gasteiger partial charge in [0.1, 0.15) is 12.6 Å². The van der Waals surface area contributed by atoms with Gasteiger partial charge in [-0.3, -0.25) is 23.4 Å². The van der Waals surface area contributed by atoms with Crippen LogP contribution in [0.25, 0.3) is 0 Å². The Hall–Kier alpha value is -2.86. The van der Waals surface area contributed by atoms with E-state index in [-0.39, 0.29) is 19.4 Å². The molecule has 0 radical (unpaired) electrons. The Morgan fingerprint density at radius 1 is 0.649 bits per heavy atom. The van der Waals surface area contributed by atoms with Gasteiger partial charge in [0, 0.05) is 12.8 Å². The minimum absolute atomic E-state index is 0.0642. The summed E-state index contributed by atoms with van der Waals surface area (Å²) in [6, 6.07) is -1.54. The lowest BCUT2D eigenvalue weighted by molar-refractivity contribution is -0.161. The van der Waals surface area contributed by atoms with Crippen molar-refractivity contribution < 1.29 is 52.6 Å². The van der Waals surface area contributed by atoms with Gasteiger partial charge in [0.05, 0.1) is 19.3 Å². The molecule has 0 aliphatic heterocycles. The molecule has 0 aliphatic carbocycles. The lowest BCUT2D eigenvalue weighted by Crippen LogP contribution is -2.34. The quantitative estimate of drug-likeness (QED) is 0.0151. The number of aliphatic hydroxyl groups is 1. The molecule has 328 valence electrons. The lowest BCUT2D eigenvalue weighted by atomic mass is 10.0. The maximum Gasteiger partial charge on any atom is 0.472 e. The summed E-state index contributed by atoms with van der Waals surface area (Å²) in [6.45, 7) is 2.50. The fraction of sp³-hybridized carbons (Fsp3) is 0.705. The van der Waals surface area contributed by atoms with Crippen LogP contribution in [0.3, 0.4) is 0 Å². The molecule has 0 aliphatic rings. The summed E-state index contributed by atoms with van der Waals surface area (Å²) < 4.78 is 32.6. The van der Waals surface area contributed by atoms with E-state index in [1.807, 2.05) is 55.5 Å². The number of carbonyl (C=O) groups excluding carboxylic acids is 2. The molecule has 0 bridgehead atoms. The molecule has 5 N–H and O–H groups in total. The summed E-state index contributed by atoms with van der Waals surface area (Å²) in [5, 5.41) is 18.6. The number of rotatable bonds is 39. The second kappa shape index (κ2) is 38.6. The van der Waals surface area contributed by atoms with E-state index in [9.17, 15) is 28.9 Å². The zero-order chi connectivity index (χ0) is 42.2. The Morgan fingerprint density at radius 2 is 1.18 bits per heavy atom. The van der Waals surface area contributed by atoms with Crippen LogP contribution in [0.1, 0.15) is 162 Å². The molecule has 0 saturated heterocycles. The SMILES string of the molecule is CC/C=C\C(O)C/C=C/C=C\C/C=C\C/C=C\CCCC(=O)O[C@H](COC(=O)CCCCCCCCCCCCCCCCC)COP(=O)(O)OC[C@H](N)C(=O)O. The molecule has 12 nitrogen and oxygen atoms in total. The molecular formula is C44H76NO11P. The average molecular weight is 826 g/mol. The van der Waals surface area contributed by atoms with Crippen LogP contribution in [0.2, 0.25) is 0 Å². The second-order valence-electron chi connectivity index (χ2n) is 14.3. The van der Waals surface area contributed by atoms with Gasteiger partial charge in [-0.2, -0.15) is 0 Å². The first-order valence-electron chi connectivity index (χ1n) is 21.4. The number of phosphoric acid groups is 1. The number of carboxylic acid groups (broad SMARTS) is 1. The maximum absolute atomic E-state index is 12.6. The maximum atomic E-state index is 12.6. The number of allylic oxidation sites excluding steroid dienone is 8. The number of aliphatic hydroxyl groups excluding tert-OH is 1. The van der Waals surface area contributed by atoms with E-state index in [4.69, 9.17) is 24.8 Å². The topological polar surface area (TPSA) is 192 Å². The normalized spacial score (nSPS) is 14.9. The van der Waals surface area contributed by atoms with Crippen LogP contribution < -0.4 is 5.73 Å². The largest absolute Gasteiger partial charge is 0.480 e. The van der Waals surface area contributed by atoms with Crippen LogP contribution in [0.4, 0.5) is 0 Å². The monoisotopic (exact) mass is 826 g/mol. The number of nitrogens with two attached hydrogens (primary N) is 1. The molecule has 0 aromatic rings. The van der Waals surface area contributed by atoms with Crippen LogP contribution in [0.15, 0.2) is 60.8 Å². The van der Waals surface area contributed by atoms with Gasteiger partial charge in [0.25, 0.3) is 0 Å². The molecule has 2 unspecified atom stereocenters. The van der Waals surface area contributed by atoms with E-state index < -0.39 is 57.2 Å². The van der Waals surface area contributed by atoms with Crippen molar-refractivity contribution in [1.29, 1.82) is 0 Å². The number of hydrogen-bond donors (Lipinski definition) is 4. The number of aliphatic carboxylic acids is 1. The number of esters is 2. The molecular weight excluding hydrogens is 749 g/mol. The van der Waals surface area contributed by atoms with E-state index in [1.54, 1.807) is 6.08 Å². The second-order valence-corrected chi connectivity index (χ2v) is 15.8. The molecule has 4 atom stereocenters. The number of hydrogen-bond acceptors (Lipinski definition) is 10. The van der Waals surface area contributed by atoms with Gasteiger partial charge in [-0.1, -0.05) is 164 Å². The molecule has 13 heteroatoms. The fourth-order valence-corrected chi connectivity index (χ4v) is 6.25. The minimum Gasteiger partial charge on any atom is -0.480 e. The third-order valence-electron chi connectivity index (χ3n) is 8.85. The summed E-state index contributed by atoms with van der Waals surface area (Å²) in [5.41, 5.74) is 5.32. The standard InChI is InChI=1S/C44H76NO11P/c1-3-5-7-8-9-10-11-12-13-14-18-21-24-27-30-34-42(47)53-36-40(37-54-57(51,52)55-38-41(45)44(49)50)56-43(48)35-31-28-25-22-19-16-15-17-20-23-26-29-33-39(46)32-6-4-2/h6,15-16,20,22-23,25-26,29,32,39-41,46H,3-5,7-14,17-19,21,24,27-28,30-31,33-38,45H2,1-2H3,(H,49,50)(H,51,52)/b16-15-,23-20-,25-22-,29-26+,32-6-/t39?,40-,41+/m1/s1. The third kappa shape index (κ3) is 38.4. The minimum atomic E-state index is -4.74. The van der Waals surface area contributed by atoms with Crippen LogP contribution >= 0.6 is 7.82 Å². The molecule has 0 saturated carbocycles. The highest BCUT2D eigenvalue weighted by Gasteiger charge is 2.28. The van der Waals surface area contributed by atoms with E-state index in [0.717, 1.165) is 38.5 Å². The van der Waals surface area contributed by atoms with Crippen molar-refractivity contribution in [1.82, 2.24) is 0 Å². The summed E-state index contributed by atoms with van der Waals surface area (Å²) in [4.78, 5) is 45.9. The molecule has 0 heterocycles. The molecule has 0 rings (SSSR count). The first-order chi connectivity index (χ1) is 27.5. The predicted molar refractivity (Wildman–Crippen MR) is 227 cm³/mol. The number of ether oxygens (including phenoxy) is 2. The third-order valence-corrected chi connectivity index (χ3v) is 9.81. The Morgan fingerprint density at radius 3 is 1.77 bits per heavy atom. The van der Waals surface area contributed by atoms with Gasteiger partial charge in [-0.25, -0.2) is 4.57 Å². The van der Waals surface area contributed by atoms with E-state index in [1.165, 1.54) is 70.6 Å². The van der Waals surface area contributed by atoms with E-state index >= 15 is 0 Å². The van der Waals surface area contributed by atoms with Gasteiger partial charge in [-0.05, 0) is 44.9 Å². The van der Waals surface area contributed by atoms with Crippen molar-refractivity contribution >= 4 is 25.7 Å². The summed E-state index contributed by atoms with van der Waals surface area (Å²) in [5.74, 6) is -2.49. The molecule has 0 spiro atoms. The zero-order valence-corrected chi connectivity index (χ0v) is 35.9. The number of unbranched alkanes of at least 4 members (excludes halogenated alkanes) is 15. The van der Waals surface area contributed by atoms with Gasteiger partial charge in [-0.15, -0.1) is 0 Å². The summed E-state index contributed by atoms with van der Waals surface area (Å²) in [6.07, 6.45) is 40.6. The Bertz CT molecular complexity index is 1220. The van der Waals surface area contributed by atoms with E-state index in [2.05, 4.69) is 17.5 Å². The van der Waals surface area contributed by atoms with Crippen molar-refractivity contribution in [2.24, 2.45) is 5.73 Å². The first kappa shape index (κ1) is 54.1. The predicted octanol–water partition coefficient (Wildman–Crippen LogP) is 10.1. The van der Waals surface area contributed by atoms with Crippen LogP contribution in [-0.2, 0) is 37.5 Å². The van der Waals surface area contributed by atoms with Gasteiger partial charge in [0.15, 0.2) is 6.10 Å². The van der Waals surface area contributed by atoms with Gasteiger partial charge >= 0.3 is 25.7 Å². The Labute approximate surface area is 343 Å². The molecule has 0 fully saturated rings. The smallest absolute Gasteiger partial charge is 0.472 e.